The molecule has 5 heteroatoms. The molecule has 0 radical (unpaired) electrons. The van der Waals surface area contributed by atoms with Gasteiger partial charge in [0.25, 0.3) is 5.91 Å². The first-order valence-corrected chi connectivity index (χ1v) is 7.89. The maximum atomic E-state index is 12.2. The Balaban J connectivity index is 1.96. The quantitative estimate of drug-likeness (QED) is 0.859. The van der Waals surface area contributed by atoms with Crippen molar-refractivity contribution in [3.63, 3.8) is 0 Å². The van der Waals surface area contributed by atoms with E-state index in [9.17, 15) is 4.79 Å². The Kier molecular flexibility index (Phi) is 5.83. The highest BCUT2D eigenvalue weighted by Gasteiger charge is 2.21. The molecular weight excluding hydrogens is 319 g/mol. The van der Waals surface area contributed by atoms with E-state index in [2.05, 4.69) is 5.32 Å². The zero-order chi connectivity index (χ0) is 16.1. The molecule has 2 aromatic carbocycles. The molecule has 0 fully saturated rings. The minimum absolute atomic E-state index is 0.0544. The van der Waals surface area contributed by atoms with E-state index in [0.717, 1.165) is 16.3 Å². The van der Waals surface area contributed by atoms with Gasteiger partial charge in [-0.15, -0.1) is 0 Å². The molecule has 2 rings (SSSR count). The van der Waals surface area contributed by atoms with Crippen LogP contribution in [0.25, 0.3) is 0 Å². The minimum Gasteiger partial charge on any atom is -0.330 e. The molecule has 2 aromatic rings. The van der Waals surface area contributed by atoms with Gasteiger partial charge >= 0.3 is 0 Å². The number of carbonyl (C=O) groups is 1. The van der Waals surface area contributed by atoms with Crippen LogP contribution < -0.4 is 10.6 Å². The van der Waals surface area contributed by atoms with Crippen molar-refractivity contribution in [3.8, 4) is 0 Å². The highest BCUT2D eigenvalue weighted by atomic mass is 35.5. The number of hydrogen-bond acceptors (Lipinski definition) is 1. The Hall–Kier alpha value is -1.55. The van der Waals surface area contributed by atoms with Gasteiger partial charge in [0, 0.05) is 21.3 Å². The Labute approximate surface area is 140 Å². The van der Waals surface area contributed by atoms with Crippen LogP contribution >= 0.6 is 23.2 Å². The van der Waals surface area contributed by atoms with E-state index in [1.165, 1.54) is 0 Å². The van der Waals surface area contributed by atoms with Crippen molar-refractivity contribution in [2.24, 2.45) is 0 Å². The summed E-state index contributed by atoms with van der Waals surface area (Å²) in [4.78, 5) is 12.2. The molecule has 2 atom stereocenters. The van der Waals surface area contributed by atoms with Crippen molar-refractivity contribution in [2.45, 2.75) is 25.9 Å². The number of nitrogens with two attached hydrogens (primary N) is 1. The number of amides is 1. The molecule has 0 aliphatic heterocycles. The predicted octanol–water partition coefficient (Wildman–Crippen LogP) is 3.65. The molecule has 0 unspecified atom stereocenters. The SMILES string of the molecule is C[C@@H]([NH2+][C@H](C)c1ccccc1Cl)C(=O)Nc1ccc(Cl)cc1. The lowest BCUT2D eigenvalue weighted by molar-refractivity contribution is -0.709. The maximum Gasteiger partial charge on any atom is 0.282 e. The van der Waals surface area contributed by atoms with Crippen LogP contribution in [0, 0.1) is 0 Å². The Bertz CT molecular complexity index is 643. The molecule has 0 heterocycles. The number of carbonyl (C=O) groups excluding carboxylic acids is 1. The van der Waals surface area contributed by atoms with Gasteiger partial charge in [-0.2, -0.15) is 0 Å². The second-order valence-electron chi connectivity index (χ2n) is 5.29. The maximum absolute atomic E-state index is 12.2. The predicted molar refractivity (Wildman–Crippen MR) is 91.3 cm³/mol. The Morgan fingerprint density at radius 3 is 2.32 bits per heavy atom. The van der Waals surface area contributed by atoms with Crippen LogP contribution in [0.1, 0.15) is 25.5 Å². The molecule has 0 bridgehead atoms. The molecule has 116 valence electrons. The molecule has 3 N–H and O–H groups in total. The molecule has 0 saturated heterocycles. The summed E-state index contributed by atoms with van der Waals surface area (Å²) in [6.45, 7) is 3.91. The van der Waals surface area contributed by atoms with Gasteiger partial charge in [-0.3, -0.25) is 4.79 Å². The smallest absolute Gasteiger partial charge is 0.282 e. The van der Waals surface area contributed by atoms with Crippen LogP contribution in [0.15, 0.2) is 48.5 Å². The lowest BCUT2D eigenvalue weighted by Crippen LogP contribution is -2.91. The monoisotopic (exact) mass is 337 g/mol. The van der Waals surface area contributed by atoms with Gasteiger partial charge in [-0.25, -0.2) is 0 Å². The lowest BCUT2D eigenvalue weighted by Gasteiger charge is -2.17. The molecule has 22 heavy (non-hydrogen) atoms. The van der Waals surface area contributed by atoms with E-state index in [4.69, 9.17) is 23.2 Å². The topological polar surface area (TPSA) is 45.7 Å². The zero-order valence-electron chi connectivity index (χ0n) is 12.5. The fraction of sp³-hybridized carbons (Fsp3) is 0.235. The third-order valence-electron chi connectivity index (χ3n) is 3.50. The summed E-state index contributed by atoms with van der Waals surface area (Å²) in [6, 6.07) is 14.6. The zero-order valence-corrected chi connectivity index (χ0v) is 14.0. The average Bonchev–Trinajstić information content (AvgIpc) is 2.49. The molecule has 0 saturated carbocycles. The van der Waals surface area contributed by atoms with Gasteiger partial charge in [-0.1, -0.05) is 41.4 Å². The Morgan fingerprint density at radius 1 is 1.05 bits per heavy atom. The second-order valence-corrected chi connectivity index (χ2v) is 6.13. The number of benzene rings is 2. The molecular formula is C17H19Cl2N2O+. The molecule has 3 nitrogen and oxygen atoms in total. The van der Waals surface area contributed by atoms with Crippen molar-refractivity contribution in [3.05, 3.63) is 64.1 Å². The summed E-state index contributed by atoms with van der Waals surface area (Å²) in [5.41, 5.74) is 1.76. The van der Waals surface area contributed by atoms with E-state index in [0.29, 0.717) is 5.02 Å². The number of hydrogen-bond donors (Lipinski definition) is 2. The average molecular weight is 338 g/mol. The summed E-state index contributed by atoms with van der Waals surface area (Å²) in [7, 11) is 0. The van der Waals surface area contributed by atoms with Crippen LogP contribution in [0.3, 0.4) is 0 Å². The molecule has 0 aromatic heterocycles. The summed E-state index contributed by atoms with van der Waals surface area (Å²) < 4.78 is 0. The summed E-state index contributed by atoms with van der Waals surface area (Å²) in [6.07, 6.45) is 0. The third-order valence-corrected chi connectivity index (χ3v) is 4.09. The molecule has 0 spiro atoms. The summed E-state index contributed by atoms with van der Waals surface area (Å²) in [5.74, 6) is -0.0544. The second kappa shape index (κ2) is 7.63. The molecule has 0 aliphatic rings. The van der Waals surface area contributed by atoms with Gasteiger partial charge in [0.15, 0.2) is 6.04 Å². The number of rotatable bonds is 5. The first-order chi connectivity index (χ1) is 10.5. The molecule has 0 aliphatic carbocycles. The number of nitrogens with one attached hydrogen (secondary N) is 1. The largest absolute Gasteiger partial charge is 0.330 e. The highest BCUT2D eigenvalue weighted by Crippen LogP contribution is 2.19. The van der Waals surface area contributed by atoms with E-state index in [1.54, 1.807) is 24.3 Å². The Morgan fingerprint density at radius 2 is 1.68 bits per heavy atom. The lowest BCUT2D eigenvalue weighted by atomic mass is 10.1. The van der Waals surface area contributed by atoms with Crippen LogP contribution in [0.5, 0.6) is 0 Å². The standard InChI is InChI=1S/C17H18Cl2N2O/c1-11(15-5-3-4-6-16(15)19)20-12(2)17(22)21-14-9-7-13(18)8-10-14/h3-12,20H,1-2H3,(H,21,22)/p+1/t11-,12-/m1/s1. The summed E-state index contributed by atoms with van der Waals surface area (Å²) >= 11 is 12.0. The normalized spacial score (nSPS) is 13.5. The highest BCUT2D eigenvalue weighted by molar-refractivity contribution is 6.31. The number of halogens is 2. The van der Waals surface area contributed by atoms with E-state index >= 15 is 0 Å². The van der Waals surface area contributed by atoms with Crippen LogP contribution in [0.4, 0.5) is 5.69 Å². The summed E-state index contributed by atoms with van der Waals surface area (Å²) in [5, 5.41) is 6.23. The fourth-order valence-electron chi connectivity index (χ4n) is 2.26. The first-order valence-electron chi connectivity index (χ1n) is 7.13. The van der Waals surface area contributed by atoms with Gasteiger partial charge in [0.05, 0.1) is 0 Å². The first kappa shape index (κ1) is 16.8. The van der Waals surface area contributed by atoms with Crippen LogP contribution in [-0.2, 0) is 4.79 Å². The van der Waals surface area contributed by atoms with Crippen molar-refractivity contribution in [1.29, 1.82) is 0 Å². The minimum atomic E-state index is -0.234. The van der Waals surface area contributed by atoms with Crippen molar-refractivity contribution < 1.29 is 10.1 Å². The van der Waals surface area contributed by atoms with Gasteiger partial charge < -0.3 is 10.6 Å². The van der Waals surface area contributed by atoms with Gasteiger partial charge in [0.2, 0.25) is 0 Å². The number of quaternary nitrogens is 1. The van der Waals surface area contributed by atoms with Gasteiger partial charge in [-0.05, 0) is 44.2 Å². The van der Waals surface area contributed by atoms with Crippen molar-refractivity contribution in [1.82, 2.24) is 0 Å². The van der Waals surface area contributed by atoms with E-state index in [1.807, 2.05) is 43.4 Å². The van der Waals surface area contributed by atoms with Crippen LogP contribution in [-0.4, -0.2) is 11.9 Å². The number of anilines is 1. The third kappa shape index (κ3) is 4.47. The van der Waals surface area contributed by atoms with Gasteiger partial charge in [0.1, 0.15) is 6.04 Å². The molecule has 1 amide bonds. The van der Waals surface area contributed by atoms with Crippen molar-refractivity contribution >= 4 is 34.8 Å². The van der Waals surface area contributed by atoms with Crippen LogP contribution in [0.2, 0.25) is 10.0 Å². The van der Waals surface area contributed by atoms with E-state index in [-0.39, 0.29) is 18.0 Å². The fourth-order valence-corrected chi connectivity index (χ4v) is 2.69. The van der Waals surface area contributed by atoms with E-state index < -0.39 is 0 Å². The van der Waals surface area contributed by atoms with Crippen molar-refractivity contribution in [2.75, 3.05) is 5.32 Å².